The number of carboxylic acids is 2. The first kappa shape index (κ1) is 19.8. The van der Waals surface area contributed by atoms with Crippen LogP contribution in [0, 0.1) is 0 Å². The summed E-state index contributed by atoms with van der Waals surface area (Å²) < 4.78 is 11.7. The van der Waals surface area contributed by atoms with Crippen molar-refractivity contribution in [1.29, 1.82) is 0 Å². The van der Waals surface area contributed by atoms with Crippen LogP contribution in [-0.2, 0) is 9.59 Å². The van der Waals surface area contributed by atoms with Gasteiger partial charge in [0.25, 0.3) is 0 Å². The van der Waals surface area contributed by atoms with Crippen molar-refractivity contribution in [2.75, 3.05) is 26.3 Å². The molecule has 0 saturated carbocycles. The van der Waals surface area contributed by atoms with Gasteiger partial charge in [-0.2, -0.15) is 5.10 Å². The van der Waals surface area contributed by atoms with Crippen molar-refractivity contribution in [3.05, 3.63) is 22.2 Å². The van der Waals surface area contributed by atoms with Crippen LogP contribution in [0.5, 0.6) is 11.5 Å². The number of carbonyl (C=O) groups is 2. The van der Waals surface area contributed by atoms with Gasteiger partial charge in [-0.15, -0.1) is 0 Å². The molecular weight excluding hydrogens is 384 g/mol. The van der Waals surface area contributed by atoms with Crippen LogP contribution in [0.2, 0.25) is 0 Å². The Morgan fingerprint density at radius 3 is 2.25 bits per heavy atom. The maximum absolute atomic E-state index is 10.8. The summed E-state index contributed by atoms with van der Waals surface area (Å²) in [7, 11) is 0. The molecule has 0 bridgehead atoms. The van der Waals surface area contributed by atoms with E-state index in [0.29, 0.717) is 34.7 Å². The van der Waals surface area contributed by atoms with Crippen molar-refractivity contribution in [2.24, 2.45) is 5.10 Å². The van der Waals surface area contributed by atoms with Crippen molar-refractivity contribution in [3.8, 4) is 11.5 Å². The van der Waals surface area contributed by atoms with Gasteiger partial charge in [0.2, 0.25) is 0 Å². The summed E-state index contributed by atoms with van der Waals surface area (Å²) in [5.74, 6) is -1.27. The molecule has 0 aliphatic carbocycles. The van der Waals surface area contributed by atoms with E-state index in [1.807, 2.05) is 13.8 Å². The first-order valence-electron chi connectivity index (χ1n) is 7.19. The summed E-state index contributed by atoms with van der Waals surface area (Å²) in [6.45, 7) is 3.58. The fourth-order valence-electron chi connectivity index (χ4n) is 1.81. The minimum absolute atomic E-state index is 0.442. The molecule has 0 aromatic heterocycles. The zero-order chi connectivity index (χ0) is 18.1. The summed E-state index contributed by atoms with van der Waals surface area (Å²) >= 11 is 3.39. The van der Waals surface area contributed by atoms with Gasteiger partial charge >= 0.3 is 11.9 Å². The van der Waals surface area contributed by atoms with E-state index in [2.05, 4.69) is 21.0 Å². The van der Waals surface area contributed by atoms with E-state index in [1.54, 1.807) is 12.1 Å². The maximum Gasteiger partial charge on any atom is 0.324 e. The molecule has 1 rings (SSSR count). The lowest BCUT2D eigenvalue weighted by Crippen LogP contribution is -2.30. The highest BCUT2D eigenvalue weighted by molar-refractivity contribution is 9.10. The Hall–Kier alpha value is -2.29. The smallest absolute Gasteiger partial charge is 0.324 e. The Bertz CT molecular complexity index is 604. The summed E-state index contributed by atoms with van der Waals surface area (Å²) in [5.41, 5.74) is 0.606. The SMILES string of the molecule is CCOc1cc(/C=N\N(CC(=O)O)CC(=O)O)cc(Br)c1OCC. The Kier molecular flexibility index (Phi) is 8.03. The van der Waals surface area contributed by atoms with Crippen LogP contribution in [0.4, 0.5) is 0 Å². The van der Waals surface area contributed by atoms with Crippen molar-refractivity contribution in [1.82, 2.24) is 5.01 Å². The van der Waals surface area contributed by atoms with Gasteiger partial charge in [0.1, 0.15) is 13.1 Å². The van der Waals surface area contributed by atoms with Gasteiger partial charge in [0.15, 0.2) is 11.5 Å². The van der Waals surface area contributed by atoms with Crippen molar-refractivity contribution >= 4 is 34.1 Å². The molecule has 0 aliphatic heterocycles. The average molecular weight is 403 g/mol. The third-order valence-corrected chi connectivity index (χ3v) is 3.22. The first-order chi connectivity index (χ1) is 11.4. The lowest BCUT2D eigenvalue weighted by atomic mass is 10.2. The Labute approximate surface area is 147 Å². The standard InChI is InChI=1S/C15H19BrN2O6/c1-3-23-12-6-10(5-11(16)15(12)24-4-2)7-17-18(8-13(19)20)9-14(21)22/h5-7H,3-4,8-9H2,1-2H3,(H,19,20)(H,21,22)/b17-7-. The molecular formula is C15H19BrN2O6. The minimum Gasteiger partial charge on any atom is -0.490 e. The predicted octanol–water partition coefficient (Wildman–Crippen LogP) is 2.05. The van der Waals surface area contributed by atoms with Crippen LogP contribution in [0.3, 0.4) is 0 Å². The fourth-order valence-corrected chi connectivity index (χ4v) is 2.38. The van der Waals surface area contributed by atoms with Crippen LogP contribution >= 0.6 is 15.9 Å². The monoisotopic (exact) mass is 402 g/mol. The van der Waals surface area contributed by atoms with E-state index in [-0.39, 0.29) is 0 Å². The molecule has 2 N–H and O–H groups in total. The number of halogens is 1. The molecule has 8 nitrogen and oxygen atoms in total. The van der Waals surface area contributed by atoms with E-state index in [9.17, 15) is 9.59 Å². The Morgan fingerprint density at radius 1 is 1.17 bits per heavy atom. The number of carboxylic acid groups (broad SMARTS) is 2. The Morgan fingerprint density at radius 2 is 1.75 bits per heavy atom. The lowest BCUT2D eigenvalue weighted by Gasteiger charge is -2.15. The molecule has 0 spiro atoms. The van der Waals surface area contributed by atoms with Crippen LogP contribution in [0.1, 0.15) is 19.4 Å². The number of hydrogen-bond donors (Lipinski definition) is 2. The number of rotatable bonds is 10. The minimum atomic E-state index is -1.17. The fraction of sp³-hybridized carbons (Fsp3) is 0.400. The highest BCUT2D eigenvalue weighted by Gasteiger charge is 2.13. The van der Waals surface area contributed by atoms with Crippen LogP contribution in [0.25, 0.3) is 0 Å². The quantitative estimate of drug-likeness (QED) is 0.455. The summed E-state index contributed by atoms with van der Waals surface area (Å²) in [4.78, 5) is 21.5. The molecule has 1 aromatic rings. The van der Waals surface area contributed by atoms with Gasteiger partial charge < -0.3 is 19.7 Å². The van der Waals surface area contributed by atoms with Crippen LogP contribution in [0.15, 0.2) is 21.7 Å². The average Bonchev–Trinajstić information content (AvgIpc) is 2.47. The highest BCUT2D eigenvalue weighted by atomic mass is 79.9. The van der Waals surface area contributed by atoms with E-state index in [4.69, 9.17) is 19.7 Å². The van der Waals surface area contributed by atoms with Gasteiger partial charge in [-0.05, 0) is 47.5 Å². The molecule has 0 unspecified atom stereocenters. The number of hydrazone groups is 1. The molecule has 0 amide bonds. The van der Waals surface area contributed by atoms with E-state index >= 15 is 0 Å². The molecule has 0 fully saturated rings. The van der Waals surface area contributed by atoms with Gasteiger partial charge in [-0.25, -0.2) is 0 Å². The number of benzene rings is 1. The summed E-state index contributed by atoms with van der Waals surface area (Å²) in [6, 6.07) is 3.40. The van der Waals surface area contributed by atoms with Crippen LogP contribution in [-0.4, -0.2) is 59.7 Å². The van der Waals surface area contributed by atoms with E-state index in [0.717, 1.165) is 5.01 Å². The normalized spacial score (nSPS) is 10.6. The molecule has 1 aromatic carbocycles. The van der Waals surface area contributed by atoms with Crippen molar-refractivity contribution < 1.29 is 29.3 Å². The molecule has 0 aliphatic rings. The van der Waals surface area contributed by atoms with Gasteiger partial charge in [0.05, 0.1) is 23.9 Å². The predicted molar refractivity (Wildman–Crippen MR) is 90.9 cm³/mol. The number of hydrogen-bond acceptors (Lipinski definition) is 6. The second-order valence-corrected chi connectivity index (χ2v) is 5.41. The molecule has 0 radical (unpaired) electrons. The lowest BCUT2D eigenvalue weighted by molar-refractivity contribution is -0.141. The Balaban J connectivity index is 3.06. The number of aliphatic carboxylic acids is 2. The third kappa shape index (κ3) is 6.45. The second kappa shape index (κ2) is 9.76. The van der Waals surface area contributed by atoms with Gasteiger partial charge in [0, 0.05) is 0 Å². The number of ether oxygens (including phenoxy) is 2. The van der Waals surface area contributed by atoms with Crippen molar-refractivity contribution in [2.45, 2.75) is 13.8 Å². The zero-order valence-electron chi connectivity index (χ0n) is 13.4. The molecule has 0 saturated heterocycles. The largest absolute Gasteiger partial charge is 0.490 e. The summed E-state index contributed by atoms with van der Waals surface area (Å²) in [5, 5.41) is 22.5. The van der Waals surface area contributed by atoms with E-state index < -0.39 is 25.0 Å². The topological polar surface area (TPSA) is 109 Å². The number of nitrogens with zero attached hydrogens (tertiary/aromatic N) is 2. The van der Waals surface area contributed by atoms with E-state index in [1.165, 1.54) is 6.21 Å². The zero-order valence-corrected chi connectivity index (χ0v) is 14.9. The molecule has 9 heteroatoms. The van der Waals surface area contributed by atoms with Gasteiger partial charge in [-0.3, -0.25) is 14.6 Å². The van der Waals surface area contributed by atoms with Gasteiger partial charge in [-0.1, -0.05) is 0 Å². The first-order valence-corrected chi connectivity index (χ1v) is 7.98. The molecule has 0 atom stereocenters. The third-order valence-electron chi connectivity index (χ3n) is 2.63. The maximum atomic E-state index is 10.8. The highest BCUT2D eigenvalue weighted by Crippen LogP contribution is 2.36. The van der Waals surface area contributed by atoms with Crippen molar-refractivity contribution in [3.63, 3.8) is 0 Å². The van der Waals surface area contributed by atoms with Crippen LogP contribution < -0.4 is 9.47 Å². The molecule has 132 valence electrons. The second-order valence-electron chi connectivity index (χ2n) is 4.55. The molecule has 0 heterocycles. The summed E-state index contributed by atoms with van der Waals surface area (Å²) in [6.07, 6.45) is 1.37. The molecule has 24 heavy (non-hydrogen) atoms.